The molecule has 1 fully saturated rings. The summed E-state index contributed by atoms with van der Waals surface area (Å²) in [6.07, 6.45) is 1.48. The highest BCUT2D eigenvalue weighted by Gasteiger charge is 2.36. The molecule has 2 aromatic rings. The molecule has 2 aromatic carbocycles. The number of hydrogen-bond donors (Lipinski definition) is 2. The average molecular weight is 421 g/mol. The van der Waals surface area contributed by atoms with E-state index in [0.29, 0.717) is 35.4 Å². The van der Waals surface area contributed by atoms with Crippen LogP contribution in [0.3, 0.4) is 0 Å². The quantitative estimate of drug-likeness (QED) is 0.749. The van der Waals surface area contributed by atoms with E-state index >= 15 is 0 Å². The number of amides is 2. The maximum atomic E-state index is 12.3. The van der Waals surface area contributed by atoms with Gasteiger partial charge in [0, 0.05) is 40.8 Å². The fourth-order valence-corrected chi connectivity index (χ4v) is 4.01. The van der Waals surface area contributed by atoms with E-state index in [1.165, 1.54) is 0 Å². The van der Waals surface area contributed by atoms with Crippen molar-refractivity contribution < 1.29 is 14.3 Å². The topological polar surface area (TPSA) is 67.4 Å². The lowest BCUT2D eigenvalue weighted by Gasteiger charge is -2.38. The summed E-state index contributed by atoms with van der Waals surface area (Å²) >= 11 is 12.5. The van der Waals surface area contributed by atoms with Gasteiger partial charge >= 0.3 is 0 Å². The number of carbonyl (C=O) groups is 2. The fourth-order valence-electron chi connectivity index (χ4n) is 3.41. The van der Waals surface area contributed by atoms with Gasteiger partial charge in [-0.3, -0.25) is 9.59 Å². The minimum Gasteiger partial charge on any atom is -0.381 e. The van der Waals surface area contributed by atoms with Gasteiger partial charge in [-0.2, -0.15) is 0 Å². The number of carbonyl (C=O) groups excluding carboxylic acids is 2. The van der Waals surface area contributed by atoms with E-state index in [2.05, 4.69) is 10.6 Å². The fraction of sp³-hybridized carbons (Fsp3) is 0.333. The Kier molecular flexibility index (Phi) is 6.94. The summed E-state index contributed by atoms with van der Waals surface area (Å²) in [5.41, 5.74) is 1.15. The van der Waals surface area contributed by atoms with Gasteiger partial charge < -0.3 is 15.4 Å². The van der Waals surface area contributed by atoms with Gasteiger partial charge in [-0.15, -0.1) is 0 Å². The van der Waals surface area contributed by atoms with Crippen LogP contribution < -0.4 is 10.6 Å². The predicted octanol–water partition coefficient (Wildman–Crippen LogP) is 3.59. The first-order valence-electron chi connectivity index (χ1n) is 9.13. The molecule has 0 bridgehead atoms. The third kappa shape index (κ3) is 5.04. The summed E-state index contributed by atoms with van der Waals surface area (Å²) in [5.74, 6) is -0.530. The van der Waals surface area contributed by atoms with Crippen LogP contribution in [0.25, 0.3) is 0 Å². The van der Waals surface area contributed by atoms with Crippen LogP contribution in [0.2, 0.25) is 10.0 Å². The van der Waals surface area contributed by atoms with Crippen LogP contribution >= 0.6 is 23.2 Å². The number of halogens is 2. The van der Waals surface area contributed by atoms with Crippen molar-refractivity contribution in [1.29, 1.82) is 0 Å². The molecular formula is C21H22Cl2N2O3. The minimum absolute atomic E-state index is 0.0886. The van der Waals surface area contributed by atoms with E-state index in [4.69, 9.17) is 27.9 Å². The number of rotatable bonds is 6. The van der Waals surface area contributed by atoms with Crippen molar-refractivity contribution in [3.8, 4) is 0 Å². The Bertz CT molecular complexity index is 837. The average Bonchev–Trinajstić information content (AvgIpc) is 2.71. The number of benzene rings is 2. The largest absolute Gasteiger partial charge is 0.381 e. The van der Waals surface area contributed by atoms with Crippen LogP contribution in [-0.2, 0) is 14.9 Å². The molecule has 28 heavy (non-hydrogen) atoms. The predicted molar refractivity (Wildman–Crippen MR) is 110 cm³/mol. The Morgan fingerprint density at radius 1 is 1.00 bits per heavy atom. The first-order valence-corrected chi connectivity index (χ1v) is 9.89. The van der Waals surface area contributed by atoms with Crippen LogP contribution in [0, 0.1) is 0 Å². The second-order valence-corrected chi connectivity index (χ2v) is 7.69. The zero-order valence-corrected chi connectivity index (χ0v) is 16.9. The maximum Gasteiger partial charge on any atom is 0.251 e. The third-order valence-electron chi connectivity index (χ3n) is 5.02. The van der Waals surface area contributed by atoms with Gasteiger partial charge in [0.15, 0.2) is 0 Å². The molecule has 0 aromatic heterocycles. The molecule has 0 atom stereocenters. The first-order chi connectivity index (χ1) is 13.5. The van der Waals surface area contributed by atoms with Crippen molar-refractivity contribution in [1.82, 2.24) is 10.6 Å². The maximum absolute atomic E-state index is 12.3. The van der Waals surface area contributed by atoms with Crippen molar-refractivity contribution in [3.63, 3.8) is 0 Å². The van der Waals surface area contributed by atoms with E-state index in [9.17, 15) is 9.59 Å². The molecule has 0 radical (unpaired) electrons. The SMILES string of the molecule is O=C(CNC(=O)c1ccccc1)NCC1(c2ccc(Cl)cc2Cl)CCOCC1. The van der Waals surface area contributed by atoms with Crippen molar-refractivity contribution in [3.05, 3.63) is 69.7 Å². The van der Waals surface area contributed by atoms with Gasteiger partial charge in [0.1, 0.15) is 0 Å². The van der Waals surface area contributed by atoms with Gasteiger partial charge in [-0.1, -0.05) is 47.5 Å². The van der Waals surface area contributed by atoms with Crippen molar-refractivity contribution >= 4 is 35.0 Å². The summed E-state index contributed by atoms with van der Waals surface area (Å²) in [7, 11) is 0. The highest BCUT2D eigenvalue weighted by Crippen LogP contribution is 2.39. The third-order valence-corrected chi connectivity index (χ3v) is 5.57. The van der Waals surface area contributed by atoms with Gasteiger partial charge in [-0.25, -0.2) is 0 Å². The van der Waals surface area contributed by atoms with Crippen LogP contribution in [0.4, 0.5) is 0 Å². The Morgan fingerprint density at radius 2 is 1.71 bits per heavy atom. The van der Waals surface area contributed by atoms with Crippen LogP contribution in [0.5, 0.6) is 0 Å². The van der Waals surface area contributed by atoms with Crippen molar-refractivity contribution in [2.75, 3.05) is 26.3 Å². The molecule has 1 heterocycles. The second kappa shape index (κ2) is 9.41. The summed E-state index contributed by atoms with van der Waals surface area (Å²) in [6, 6.07) is 14.2. The molecule has 1 aliphatic rings. The van der Waals surface area contributed by atoms with Gasteiger partial charge in [-0.05, 0) is 42.7 Å². The summed E-state index contributed by atoms with van der Waals surface area (Å²) < 4.78 is 5.51. The first kappa shape index (κ1) is 20.6. The van der Waals surface area contributed by atoms with Crippen LogP contribution in [-0.4, -0.2) is 38.1 Å². The molecule has 1 saturated heterocycles. The Labute approximate surface area is 174 Å². The molecular weight excluding hydrogens is 399 g/mol. The lowest BCUT2D eigenvalue weighted by molar-refractivity contribution is -0.120. The van der Waals surface area contributed by atoms with E-state index in [-0.39, 0.29) is 23.8 Å². The molecule has 0 aliphatic carbocycles. The Hall–Kier alpha value is -2.08. The molecule has 5 nitrogen and oxygen atoms in total. The monoisotopic (exact) mass is 420 g/mol. The van der Waals surface area contributed by atoms with E-state index < -0.39 is 0 Å². The van der Waals surface area contributed by atoms with Crippen molar-refractivity contribution in [2.45, 2.75) is 18.3 Å². The van der Waals surface area contributed by atoms with Crippen molar-refractivity contribution in [2.24, 2.45) is 0 Å². The molecule has 0 unspecified atom stereocenters. The molecule has 0 spiro atoms. The van der Waals surface area contributed by atoms with Gasteiger partial charge in [0.05, 0.1) is 6.54 Å². The number of ether oxygens (including phenoxy) is 1. The van der Waals surface area contributed by atoms with Crippen LogP contribution in [0.1, 0.15) is 28.8 Å². The highest BCUT2D eigenvalue weighted by molar-refractivity contribution is 6.35. The van der Waals surface area contributed by atoms with E-state index in [1.807, 2.05) is 18.2 Å². The molecule has 1 aliphatic heterocycles. The smallest absolute Gasteiger partial charge is 0.251 e. The molecule has 0 saturated carbocycles. The van der Waals surface area contributed by atoms with Gasteiger partial charge in [0.2, 0.25) is 5.91 Å². The molecule has 148 valence electrons. The standard InChI is InChI=1S/C21H22Cl2N2O3/c22-16-6-7-17(18(23)12-16)21(8-10-28-11-9-21)14-25-19(26)13-24-20(27)15-4-2-1-3-5-15/h1-7,12H,8-11,13-14H2,(H,24,27)(H,25,26). The number of nitrogens with one attached hydrogen (secondary N) is 2. The van der Waals surface area contributed by atoms with E-state index in [0.717, 1.165) is 18.4 Å². The molecule has 3 rings (SSSR count). The minimum atomic E-state index is -0.320. The lowest BCUT2D eigenvalue weighted by Crippen LogP contribution is -2.47. The lowest BCUT2D eigenvalue weighted by atomic mass is 9.74. The zero-order chi connectivity index (χ0) is 20.0. The summed E-state index contributed by atoms with van der Waals surface area (Å²) in [5, 5.41) is 6.74. The van der Waals surface area contributed by atoms with Crippen LogP contribution in [0.15, 0.2) is 48.5 Å². The van der Waals surface area contributed by atoms with Gasteiger partial charge in [0.25, 0.3) is 5.91 Å². The normalized spacial score (nSPS) is 15.6. The Morgan fingerprint density at radius 3 is 2.39 bits per heavy atom. The zero-order valence-electron chi connectivity index (χ0n) is 15.3. The van der Waals surface area contributed by atoms with E-state index in [1.54, 1.807) is 30.3 Å². The summed E-state index contributed by atoms with van der Waals surface area (Å²) in [4.78, 5) is 24.4. The molecule has 2 amide bonds. The molecule has 2 N–H and O–H groups in total. The number of hydrogen-bond acceptors (Lipinski definition) is 3. The Balaban J connectivity index is 1.62. The second-order valence-electron chi connectivity index (χ2n) is 6.84. The molecule has 7 heteroatoms. The highest BCUT2D eigenvalue weighted by atomic mass is 35.5. The summed E-state index contributed by atoms with van der Waals surface area (Å²) in [6.45, 7) is 1.52.